The van der Waals surface area contributed by atoms with E-state index in [2.05, 4.69) is 256 Å². The van der Waals surface area contributed by atoms with Crippen LogP contribution in [-0.4, -0.2) is 19.8 Å². The number of fused-ring (bicyclic) bond motifs is 7. The van der Waals surface area contributed by atoms with Gasteiger partial charge in [0.05, 0.1) is 28.4 Å². The fraction of sp³-hybridized carbons (Fsp3) is 0. The maximum atomic E-state index is 4.36. The molecule has 6 heteroatoms. The fourth-order valence-electron chi connectivity index (χ4n) is 11.2. The Bertz CT molecular complexity index is 3370. The van der Waals surface area contributed by atoms with E-state index in [-0.39, 0.29) is 6.71 Å². The van der Waals surface area contributed by atoms with E-state index >= 15 is 0 Å². The van der Waals surface area contributed by atoms with E-state index in [1.807, 2.05) is 12.4 Å². The van der Waals surface area contributed by atoms with Crippen LogP contribution in [-0.2, 0) is 0 Å². The van der Waals surface area contributed by atoms with Crippen LogP contribution in [0, 0.1) is 0 Å². The lowest BCUT2D eigenvalue weighted by molar-refractivity contribution is 1.16. The van der Waals surface area contributed by atoms with Crippen LogP contribution in [0.2, 0.25) is 0 Å². The van der Waals surface area contributed by atoms with Gasteiger partial charge in [-0.25, -0.2) is 0 Å². The van der Waals surface area contributed by atoms with Crippen LogP contribution < -0.4 is 51.8 Å². The van der Waals surface area contributed by atoms with Gasteiger partial charge in [0.2, 0.25) is 6.71 Å². The summed E-state index contributed by atoms with van der Waals surface area (Å²) in [5, 5.41) is 5.58. The average molecular weight is 845 g/mol. The molecule has 3 aliphatic rings. The van der Waals surface area contributed by atoms with E-state index in [1.54, 1.807) is 0 Å². The molecule has 0 saturated heterocycles. The molecule has 0 atom stereocenters. The summed E-state index contributed by atoms with van der Waals surface area (Å²) in [6, 6.07) is 88.2. The Hall–Kier alpha value is -8.19. The number of pyridine rings is 1. The number of anilines is 9. The Labute approximate surface area is 381 Å². The summed E-state index contributed by atoms with van der Waals surface area (Å²) in [4.78, 5) is 12.0. The monoisotopic (exact) mass is 844 g/mol. The molecule has 0 bridgehead atoms. The van der Waals surface area contributed by atoms with E-state index in [0.29, 0.717) is 0 Å². The molecule has 0 radical (unpaired) electrons. The first-order valence-electron chi connectivity index (χ1n) is 22.4. The van der Waals surface area contributed by atoms with Crippen molar-refractivity contribution in [1.82, 2.24) is 4.98 Å². The number of para-hydroxylation sites is 5. The first-order chi connectivity index (χ1) is 32.3. The van der Waals surface area contributed by atoms with E-state index in [9.17, 15) is 0 Å². The summed E-state index contributed by atoms with van der Waals surface area (Å²) >= 11 is 0. The van der Waals surface area contributed by atoms with Crippen LogP contribution in [0.25, 0.3) is 11.1 Å². The van der Waals surface area contributed by atoms with E-state index in [1.165, 1.54) is 48.5 Å². The summed E-state index contributed by atoms with van der Waals surface area (Å²) in [6.07, 6.45) is 3.76. The maximum Gasteiger partial charge on any atom is 0.246 e. The topological polar surface area (TPSA) is 22.6 Å². The third-order valence-corrected chi connectivity index (χ3v) is 18.6. The van der Waals surface area contributed by atoms with Gasteiger partial charge < -0.3 is 14.7 Å². The zero-order chi connectivity index (χ0) is 42.9. The first-order valence-corrected chi connectivity index (χ1v) is 24.4. The molecule has 0 unspecified atom stereocenters. The molecule has 3 aliphatic heterocycles. The highest BCUT2D eigenvalue weighted by Crippen LogP contribution is 2.59. The Morgan fingerprint density at radius 1 is 0.338 bits per heavy atom. The van der Waals surface area contributed by atoms with Gasteiger partial charge in [0, 0.05) is 35.1 Å². The molecule has 1 aromatic heterocycles. The van der Waals surface area contributed by atoms with Crippen LogP contribution in [0.3, 0.4) is 0 Å². The summed E-state index contributed by atoms with van der Waals surface area (Å²) in [7, 11) is -3.11. The van der Waals surface area contributed by atoms with Crippen molar-refractivity contribution >= 4 is 103 Å². The summed E-state index contributed by atoms with van der Waals surface area (Å²) in [5.74, 6) is 0. The van der Waals surface area contributed by atoms with Gasteiger partial charge in [-0.1, -0.05) is 169 Å². The van der Waals surface area contributed by atoms with E-state index in [4.69, 9.17) is 0 Å². The number of hydrogen-bond acceptors (Lipinski definition) is 4. The molecule has 65 heavy (non-hydrogen) atoms. The van der Waals surface area contributed by atoms with Gasteiger partial charge in [-0.3, -0.25) is 4.98 Å². The fourth-order valence-corrected chi connectivity index (χ4v) is 16.5. The highest BCUT2D eigenvalue weighted by atomic mass is 28.3. The number of hydrogen-bond donors (Lipinski definition) is 0. The normalized spacial score (nSPS) is 13.8. The Morgan fingerprint density at radius 2 is 0.846 bits per heavy atom. The van der Waals surface area contributed by atoms with Crippen molar-refractivity contribution in [3.05, 3.63) is 249 Å². The van der Waals surface area contributed by atoms with Crippen molar-refractivity contribution in [2.24, 2.45) is 0 Å². The van der Waals surface area contributed by atoms with Gasteiger partial charge in [-0.2, -0.15) is 0 Å². The third-order valence-electron chi connectivity index (χ3n) is 13.8. The summed E-state index contributed by atoms with van der Waals surface area (Å²) in [6.45, 7) is -0.0241. The molecule has 0 saturated carbocycles. The van der Waals surface area contributed by atoms with Crippen molar-refractivity contribution in [2.45, 2.75) is 0 Å². The van der Waals surface area contributed by atoms with Gasteiger partial charge in [-0.05, 0) is 116 Å². The minimum absolute atomic E-state index is 0.0241. The molecular formula is C59H41BN4Si. The predicted octanol–water partition coefficient (Wildman–Crippen LogP) is 9.99. The second-order valence-electron chi connectivity index (χ2n) is 17.1. The highest BCUT2D eigenvalue weighted by molar-refractivity contribution is 7.26. The Kier molecular flexibility index (Phi) is 8.61. The van der Waals surface area contributed by atoms with Crippen LogP contribution in [0.4, 0.5) is 51.2 Å². The second-order valence-corrected chi connectivity index (χ2v) is 20.8. The molecule has 9 aromatic carbocycles. The standard InChI is InChI=1S/C59H41BN4Si/c1-5-21-44(22-6-1)63-51-32-15-13-30-49(51)60-50-31-14-18-35-55(50)65(47-26-9-3-10-27-47,48-28-11-4-12-29-48)56-41-54-58(59(63)57(56)60)64(45-23-7-2-8-24-45)53-34-17-16-33-52(53)62(54)46-25-19-20-43(40-46)42-36-38-61-39-37-42/h1-41H. The van der Waals surface area contributed by atoms with Crippen LogP contribution >= 0.6 is 0 Å². The lowest BCUT2D eigenvalue weighted by atomic mass is 9.34. The molecule has 0 aliphatic carbocycles. The SMILES string of the molecule is c1ccc(N2c3ccccc3N(c3cccc(-c4ccncc4)c3)c3cc4c5c(c32)N(c2ccccc2)c2ccccc2B5c2ccccc2[Si]4(c2ccccc2)c2ccccc2)cc1. The third kappa shape index (κ3) is 5.54. The largest absolute Gasteiger partial charge is 0.309 e. The van der Waals surface area contributed by atoms with Crippen LogP contribution in [0.15, 0.2) is 249 Å². The minimum atomic E-state index is -3.11. The van der Waals surface area contributed by atoms with Crippen molar-refractivity contribution in [3.63, 3.8) is 0 Å². The predicted molar refractivity (Wildman–Crippen MR) is 276 cm³/mol. The maximum absolute atomic E-state index is 4.36. The van der Waals surface area contributed by atoms with Gasteiger partial charge in [-0.15, -0.1) is 0 Å². The first kappa shape index (κ1) is 37.4. The zero-order valence-electron chi connectivity index (χ0n) is 35.5. The lowest BCUT2D eigenvalue weighted by Crippen LogP contribution is -2.87. The molecular weight excluding hydrogens is 804 g/mol. The van der Waals surface area contributed by atoms with Gasteiger partial charge in [0.1, 0.15) is 0 Å². The molecule has 4 heterocycles. The van der Waals surface area contributed by atoms with Gasteiger partial charge >= 0.3 is 0 Å². The molecule has 0 fully saturated rings. The van der Waals surface area contributed by atoms with Crippen molar-refractivity contribution in [1.29, 1.82) is 0 Å². The second kappa shape index (κ2) is 15.0. The van der Waals surface area contributed by atoms with Gasteiger partial charge in [0.25, 0.3) is 0 Å². The van der Waals surface area contributed by atoms with E-state index in [0.717, 1.165) is 50.9 Å². The summed E-state index contributed by atoms with van der Waals surface area (Å²) in [5.41, 5.74) is 16.6. The zero-order valence-corrected chi connectivity index (χ0v) is 36.5. The number of rotatable bonds is 6. The number of benzene rings is 9. The van der Waals surface area contributed by atoms with Crippen LogP contribution in [0.1, 0.15) is 0 Å². The lowest BCUT2D eigenvalue weighted by Gasteiger charge is -2.51. The molecule has 13 rings (SSSR count). The quantitative estimate of drug-likeness (QED) is 0.156. The molecule has 4 nitrogen and oxygen atoms in total. The van der Waals surface area contributed by atoms with Crippen LogP contribution in [0.5, 0.6) is 0 Å². The molecule has 0 N–H and O–H groups in total. The minimum Gasteiger partial charge on any atom is -0.309 e. The van der Waals surface area contributed by atoms with Crippen molar-refractivity contribution in [3.8, 4) is 11.1 Å². The van der Waals surface area contributed by atoms with Gasteiger partial charge in [0.15, 0.2) is 8.07 Å². The highest BCUT2D eigenvalue weighted by Gasteiger charge is 2.55. The van der Waals surface area contributed by atoms with Crippen molar-refractivity contribution < 1.29 is 0 Å². The molecule has 0 amide bonds. The smallest absolute Gasteiger partial charge is 0.246 e. The van der Waals surface area contributed by atoms with E-state index < -0.39 is 8.07 Å². The Balaban J connectivity index is 1.26. The molecule has 0 spiro atoms. The molecule has 304 valence electrons. The number of nitrogens with zero attached hydrogens (tertiary/aromatic N) is 4. The molecule has 10 aromatic rings. The average Bonchev–Trinajstić information content (AvgIpc) is 3.39. The number of aromatic nitrogens is 1. The Morgan fingerprint density at radius 3 is 1.49 bits per heavy atom. The summed E-state index contributed by atoms with van der Waals surface area (Å²) < 4.78 is 0. The van der Waals surface area contributed by atoms with Crippen molar-refractivity contribution in [2.75, 3.05) is 14.7 Å².